The zero-order chi connectivity index (χ0) is 14.2. The van der Waals surface area contributed by atoms with Gasteiger partial charge in [0.1, 0.15) is 19.0 Å². The van der Waals surface area contributed by atoms with E-state index in [-0.39, 0.29) is 18.6 Å². The third-order valence-corrected chi connectivity index (χ3v) is 3.36. The lowest BCUT2D eigenvalue weighted by molar-refractivity contribution is -0.137. The number of ether oxygens (including phenoxy) is 2. The van der Waals surface area contributed by atoms with Gasteiger partial charge >= 0.3 is 0 Å². The number of piperidine rings is 1. The fraction of sp³-hybridized carbons (Fsp3) is 0.533. The zero-order valence-electron chi connectivity index (χ0n) is 11.7. The number of likely N-dealkylation sites (tertiary alicyclic amines) is 1. The van der Waals surface area contributed by atoms with Crippen LogP contribution in [0.25, 0.3) is 0 Å². The summed E-state index contributed by atoms with van der Waals surface area (Å²) >= 11 is 0. The van der Waals surface area contributed by atoms with Crippen molar-refractivity contribution in [3.63, 3.8) is 0 Å². The fourth-order valence-electron chi connectivity index (χ4n) is 2.13. The van der Waals surface area contributed by atoms with Crippen LogP contribution in [0.4, 0.5) is 0 Å². The maximum absolute atomic E-state index is 11.9. The number of carbonyl (C=O) groups excluding carboxylic acids is 1. The summed E-state index contributed by atoms with van der Waals surface area (Å²) in [5, 5.41) is 0. The standard InChI is InChI=1S/C15H22N2O3/c16-13-6-8-17(9-7-13)15(18)12-19-10-11-20-14-4-2-1-3-5-14/h1-5,13H,6-12,16H2. The van der Waals surface area contributed by atoms with Crippen molar-refractivity contribution in [1.82, 2.24) is 4.90 Å². The molecule has 0 atom stereocenters. The van der Waals surface area contributed by atoms with Gasteiger partial charge in [-0.2, -0.15) is 0 Å². The number of nitrogens with zero attached hydrogens (tertiary/aromatic N) is 1. The van der Waals surface area contributed by atoms with E-state index in [4.69, 9.17) is 15.2 Å². The molecule has 110 valence electrons. The van der Waals surface area contributed by atoms with Gasteiger partial charge in [0.2, 0.25) is 5.91 Å². The van der Waals surface area contributed by atoms with Gasteiger partial charge in [-0.25, -0.2) is 0 Å². The Morgan fingerprint density at radius 2 is 1.90 bits per heavy atom. The average molecular weight is 278 g/mol. The van der Waals surface area contributed by atoms with Crippen LogP contribution in [0, 0.1) is 0 Å². The van der Waals surface area contributed by atoms with Crippen molar-refractivity contribution in [2.75, 3.05) is 32.9 Å². The molecule has 0 aliphatic carbocycles. The molecule has 0 aromatic heterocycles. The maximum atomic E-state index is 11.9. The molecule has 1 heterocycles. The van der Waals surface area contributed by atoms with Crippen LogP contribution in [0.2, 0.25) is 0 Å². The Balaban J connectivity index is 1.55. The first-order valence-electron chi connectivity index (χ1n) is 7.04. The molecule has 2 N–H and O–H groups in total. The molecule has 1 aromatic carbocycles. The van der Waals surface area contributed by atoms with Crippen LogP contribution in [0.15, 0.2) is 30.3 Å². The molecule has 1 aromatic rings. The molecule has 1 aliphatic heterocycles. The van der Waals surface area contributed by atoms with Crippen LogP contribution in [-0.4, -0.2) is 49.8 Å². The lowest BCUT2D eigenvalue weighted by Gasteiger charge is -2.30. The molecule has 0 unspecified atom stereocenters. The van der Waals surface area contributed by atoms with Gasteiger partial charge in [0.25, 0.3) is 0 Å². The second-order valence-electron chi connectivity index (χ2n) is 4.93. The third kappa shape index (κ3) is 4.83. The van der Waals surface area contributed by atoms with Gasteiger partial charge in [-0.3, -0.25) is 4.79 Å². The van der Waals surface area contributed by atoms with E-state index in [0.29, 0.717) is 13.2 Å². The third-order valence-electron chi connectivity index (χ3n) is 3.36. The highest BCUT2D eigenvalue weighted by Gasteiger charge is 2.20. The van der Waals surface area contributed by atoms with Crippen LogP contribution in [-0.2, 0) is 9.53 Å². The van der Waals surface area contributed by atoms with Crippen LogP contribution >= 0.6 is 0 Å². The summed E-state index contributed by atoms with van der Waals surface area (Å²) < 4.78 is 10.8. The van der Waals surface area contributed by atoms with Crippen molar-refractivity contribution in [2.24, 2.45) is 5.73 Å². The number of hydrogen-bond donors (Lipinski definition) is 1. The summed E-state index contributed by atoms with van der Waals surface area (Å²) in [5.41, 5.74) is 5.81. The Bertz CT molecular complexity index is 403. The minimum Gasteiger partial charge on any atom is -0.491 e. The fourth-order valence-corrected chi connectivity index (χ4v) is 2.13. The minimum absolute atomic E-state index is 0.0385. The number of carbonyl (C=O) groups is 1. The Labute approximate surface area is 119 Å². The Kier molecular flexibility index (Phi) is 5.83. The van der Waals surface area contributed by atoms with Crippen LogP contribution in [0.5, 0.6) is 5.75 Å². The summed E-state index contributed by atoms with van der Waals surface area (Å²) in [5.74, 6) is 0.851. The summed E-state index contributed by atoms with van der Waals surface area (Å²) in [6, 6.07) is 9.79. The van der Waals surface area contributed by atoms with Gasteiger partial charge in [0.15, 0.2) is 0 Å². The Hall–Kier alpha value is -1.59. The van der Waals surface area contributed by atoms with Gasteiger partial charge < -0.3 is 20.1 Å². The molecule has 1 amide bonds. The number of hydrogen-bond acceptors (Lipinski definition) is 4. The van der Waals surface area contributed by atoms with Gasteiger partial charge in [0.05, 0.1) is 6.61 Å². The summed E-state index contributed by atoms with van der Waals surface area (Å²) in [6.07, 6.45) is 1.76. The molecule has 5 heteroatoms. The average Bonchev–Trinajstić information content (AvgIpc) is 2.48. The van der Waals surface area contributed by atoms with Crippen molar-refractivity contribution >= 4 is 5.91 Å². The minimum atomic E-state index is 0.0385. The maximum Gasteiger partial charge on any atom is 0.248 e. The highest BCUT2D eigenvalue weighted by Crippen LogP contribution is 2.09. The molecule has 1 saturated heterocycles. The summed E-state index contributed by atoms with van der Waals surface area (Å²) in [4.78, 5) is 13.7. The van der Waals surface area contributed by atoms with E-state index in [0.717, 1.165) is 31.7 Å². The highest BCUT2D eigenvalue weighted by molar-refractivity contribution is 5.77. The molecule has 1 fully saturated rings. The largest absolute Gasteiger partial charge is 0.491 e. The quantitative estimate of drug-likeness (QED) is 0.789. The van der Waals surface area contributed by atoms with Crippen LogP contribution in [0.3, 0.4) is 0 Å². The molecule has 2 rings (SSSR count). The molecule has 1 aliphatic rings. The zero-order valence-corrected chi connectivity index (χ0v) is 11.7. The van der Waals surface area contributed by atoms with Crippen molar-refractivity contribution in [3.05, 3.63) is 30.3 Å². The number of benzene rings is 1. The smallest absolute Gasteiger partial charge is 0.248 e. The van der Waals surface area contributed by atoms with Gasteiger partial charge in [-0.1, -0.05) is 18.2 Å². The molecule has 0 bridgehead atoms. The van der Waals surface area contributed by atoms with E-state index >= 15 is 0 Å². The Morgan fingerprint density at radius 3 is 2.60 bits per heavy atom. The molecule has 0 radical (unpaired) electrons. The van der Waals surface area contributed by atoms with Gasteiger partial charge in [-0.05, 0) is 25.0 Å². The first-order valence-corrected chi connectivity index (χ1v) is 7.04. The Morgan fingerprint density at radius 1 is 1.20 bits per heavy atom. The summed E-state index contributed by atoms with van der Waals surface area (Å²) in [6.45, 7) is 2.46. The second kappa shape index (κ2) is 7.87. The normalized spacial score (nSPS) is 16.1. The molecule has 5 nitrogen and oxygen atoms in total. The second-order valence-corrected chi connectivity index (χ2v) is 4.93. The molecular formula is C15H22N2O3. The predicted octanol–water partition coefficient (Wildman–Crippen LogP) is 1.03. The van der Waals surface area contributed by atoms with E-state index in [1.54, 1.807) is 0 Å². The molecular weight excluding hydrogens is 256 g/mol. The first-order chi connectivity index (χ1) is 9.75. The summed E-state index contributed by atoms with van der Waals surface area (Å²) in [7, 11) is 0. The molecule has 0 saturated carbocycles. The number of nitrogens with two attached hydrogens (primary N) is 1. The lowest BCUT2D eigenvalue weighted by atomic mass is 10.1. The van der Waals surface area contributed by atoms with Crippen LogP contribution < -0.4 is 10.5 Å². The van der Waals surface area contributed by atoms with E-state index in [9.17, 15) is 4.79 Å². The SMILES string of the molecule is NC1CCN(C(=O)COCCOc2ccccc2)CC1. The van der Waals surface area contributed by atoms with Gasteiger partial charge in [0, 0.05) is 19.1 Å². The first kappa shape index (κ1) is 14.8. The number of para-hydroxylation sites is 1. The van der Waals surface area contributed by atoms with Crippen LogP contribution in [0.1, 0.15) is 12.8 Å². The van der Waals surface area contributed by atoms with Crippen molar-refractivity contribution in [3.8, 4) is 5.75 Å². The van der Waals surface area contributed by atoms with E-state index in [1.165, 1.54) is 0 Å². The number of rotatable bonds is 6. The predicted molar refractivity (Wildman–Crippen MR) is 76.5 cm³/mol. The topological polar surface area (TPSA) is 64.8 Å². The van der Waals surface area contributed by atoms with E-state index in [1.807, 2.05) is 35.2 Å². The number of amides is 1. The van der Waals surface area contributed by atoms with Crippen molar-refractivity contribution < 1.29 is 14.3 Å². The van der Waals surface area contributed by atoms with E-state index < -0.39 is 0 Å². The lowest BCUT2D eigenvalue weighted by Crippen LogP contribution is -2.44. The molecule has 20 heavy (non-hydrogen) atoms. The van der Waals surface area contributed by atoms with Gasteiger partial charge in [-0.15, -0.1) is 0 Å². The van der Waals surface area contributed by atoms with Crippen molar-refractivity contribution in [1.29, 1.82) is 0 Å². The van der Waals surface area contributed by atoms with E-state index in [2.05, 4.69) is 0 Å². The van der Waals surface area contributed by atoms with Crippen molar-refractivity contribution in [2.45, 2.75) is 18.9 Å². The highest BCUT2D eigenvalue weighted by atomic mass is 16.5. The molecule has 0 spiro atoms. The monoisotopic (exact) mass is 278 g/mol.